The van der Waals surface area contributed by atoms with Crippen LogP contribution in [-0.4, -0.2) is 48.4 Å². The minimum atomic E-state index is -3.01. The maximum absolute atomic E-state index is 12.3. The van der Waals surface area contributed by atoms with Gasteiger partial charge in [-0.05, 0) is 12.1 Å². The van der Waals surface area contributed by atoms with Crippen LogP contribution in [0.2, 0.25) is 5.02 Å². The van der Waals surface area contributed by atoms with Crippen LogP contribution < -0.4 is 20.1 Å². The van der Waals surface area contributed by atoms with Gasteiger partial charge in [-0.3, -0.25) is 4.99 Å². The van der Waals surface area contributed by atoms with E-state index in [1.54, 1.807) is 0 Å². The molecule has 0 amide bonds. The van der Waals surface area contributed by atoms with Crippen molar-refractivity contribution in [3.8, 4) is 17.5 Å². The molecule has 2 N–H and O–H groups in total. The maximum atomic E-state index is 12.3. The third-order valence-corrected chi connectivity index (χ3v) is 3.27. The van der Waals surface area contributed by atoms with Crippen molar-refractivity contribution in [2.45, 2.75) is 6.61 Å². The van der Waals surface area contributed by atoms with Gasteiger partial charge < -0.3 is 20.1 Å². The first-order valence-electron chi connectivity index (χ1n) is 7.70. The van der Waals surface area contributed by atoms with Crippen molar-refractivity contribution in [2.24, 2.45) is 15.9 Å². The number of hydrazone groups is 1. The average molecular weight is 418 g/mol. The summed E-state index contributed by atoms with van der Waals surface area (Å²) in [7, 11) is 0. The molecule has 8 nitrogen and oxygen atoms in total. The molecule has 0 aliphatic rings. The zero-order valence-electron chi connectivity index (χ0n) is 14.3. The lowest BCUT2D eigenvalue weighted by molar-refractivity contribution is -0.0497. The van der Waals surface area contributed by atoms with E-state index < -0.39 is 13.3 Å². The topological polar surface area (TPSA) is 104 Å². The SMILES string of the molecule is NN=C(C=Nc1ccc(Cl)c(OC(F)F)c1)COc1ncc(OCCF)cn1. The fourth-order valence-electron chi connectivity index (χ4n) is 1.76. The van der Waals surface area contributed by atoms with E-state index in [1.165, 1.54) is 36.8 Å². The molecule has 0 unspecified atom stereocenters. The molecule has 2 rings (SSSR count). The Morgan fingerprint density at radius 3 is 2.64 bits per heavy atom. The Kier molecular flexibility index (Phi) is 8.28. The normalized spacial score (nSPS) is 11.8. The van der Waals surface area contributed by atoms with Gasteiger partial charge >= 0.3 is 12.6 Å². The van der Waals surface area contributed by atoms with Crippen LogP contribution in [0, 0.1) is 0 Å². The van der Waals surface area contributed by atoms with E-state index in [9.17, 15) is 13.2 Å². The molecule has 0 fully saturated rings. The summed E-state index contributed by atoms with van der Waals surface area (Å²) in [5.41, 5.74) is 0.499. The number of alkyl halides is 3. The van der Waals surface area contributed by atoms with Crippen LogP contribution in [0.25, 0.3) is 0 Å². The first-order chi connectivity index (χ1) is 13.5. The Morgan fingerprint density at radius 1 is 1.25 bits per heavy atom. The zero-order valence-corrected chi connectivity index (χ0v) is 15.0. The molecular formula is C16H15ClF3N5O3. The molecule has 0 atom stereocenters. The molecular weight excluding hydrogens is 403 g/mol. The molecule has 0 saturated carbocycles. The monoisotopic (exact) mass is 417 g/mol. The van der Waals surface area contributed by atoms with Crippen LogP contribution in [0.15, 0.2) is 40.7 Å². The van der Waals surface area contributed by atoms with Crippen molar-refractivity contribution in [3.05, 3.63) is 35.6 Å². The lowest BCUT2D eigenvalue weighted by Gasteiger charge is -2.07. The van der Waals surface area contributed by atoms with Crippen molar-refractivity contribution >= 4 is 29.2 Å². The molecule has 0 bridgehead atoms. The summed E-state index contributed by atoms with van der Waals surface area (Å²) in [4.78, 5) is 11.8. The van der Waals surface area contributed by atoms with E-state index in [0.717, 1.165) is 0 Å². The van der Waals surface area contributed by atoms with Crippen molar-refractivity contribution in [1.82, 2.24) is 9.97 Å². The number of ether oxygens (including phenoxy) is 3. The van der Waals surface area contributed by atoms with Crippen molar-refractivity contribution < 1.29 is 27.4 Å². The molecule has 0 radical (unpaired) electrons. The van der Waals surface area contributed by atoms with Gasteiger partial charge in [-0.2, -0.15) is 23.9 Å². The molecule has 12 heteroatoms. The van der Waals surface area contributed by atoms with Gasteiger partial charge in [0.2, 0.25) is 0 Å². The van der Waals surface area contributed by atoms with Crippen molar-refractivity contribution in [2.75, 3.05) is 19.9 Å². The average Bonchev–Trinajstić information content (AvgIpc) is 2.69. The fourth-order valence-corrected chi connectivity index (χ4v) is 1.93. The van der Waals surface area contributed by atoms with Gasteiger partial charge in [0.05, 0.1) is 29.3 Å². The predicted molar refractivity (Wildman–Crippen MR) is 96.9 cm³/mol. The molecule has 2 aromatic rings. The first kappa shape index (κ1) is 21.2. The fraction of sp³-hybridized carbons (Fsp3) is 0.250. The minimum absolute atomic E-state index is 0.0151. The number of benzene rings is 1. The van der Waals surface area contributed by atoms with Gasteiger partial charge in [-0.1, -0.05) is 11.6 Å². The second-order valence-electron chi connectivity index (χ2n) is 4.90. The highest BCUT2D eigenvalue weighted by Gasteiger charge is 2.09. The van der Waals surface area contributed by atoms with Crippen LogP contribution >= 0.6 is 11.6 Å². The number of rotatable bonds is 10. The predicted octanol–water partition coefficient (Wildman–Crippen LogP) is 3.18. The lowest BCUT2D eigenvalue weighted by Crippen LogP contribution is -2.16. The molecule has 150 valence electrons. The molecule has 1 aromatic heterocycles. The Morgan fingerprint density at radius 2 is 2.00 bits per heavy atom. The number of halogens is 4. The summed E-state index contributed by atoms with van der Waals surface area (Å²) < 4.78 is 51.3. The Balaban J connectivity index is 1.95. The number of aromatic nitrogens is 2. The third-order valence-electron chi connectivity index (χ3n) is 2.96. The molecule has 28 heavy (non-hydrogen) atoms. The van der Waals surface area contributed by atoms with Crippen LogP contribution in [0.1, 0.15) is 0 Å². The quantitative estimate of drug-likeness (QED) is 0.361. The molecule has 1 heterocycles. The standard InChI is InChI=1S/C16H15ClF3N5O3/c17-13-2-1-10(5-14(13)28-15(19)20)22-6-11(25-21)9-27-16-23-7-12(8-24-16)26-4-3-18/h1-2,5-8,15H,3-4,9,21H2. The summed E-state index contributed by atoms with van der Waals surface area (Å²) in [5.74, 6) is 5.36. The third kappa shape index (κ3) is 6.91. The Hall–Kier alpha value is -3.08. The van der Waals surface area contributed by atoms with E-state index in [2.05, 4.69) is 24.8 Å². The lowest BCUT2D eigenvalue weighted by atomic mass is 10.3. The van der Waals surface area contributed by atoms with Crippen LogP contribution in [0.3, 0.4) is 0 Å². The van der Waals surface area contributed by atoms with Gasteiger partial charge in [0.25, 0.3) is 0 Å². The summed E-state index contributed by atoms with van der Waals surface area (Å²) >= 11 is 5.77. The molecule has 0 aliphatic heterocycles. The van der Waals surface area contributed by atoms with Crippen molar-refractivity contribution in [1.29, 1.82) is 0 Å². The van der Waals surface area contributed by atoms with Crippen LogP contribution in [0.4, 0.5) is 18.9 Å². The van der Waals surface area contributed by atoms with E-state index in [1.807, 2.05) is 0 Å². The highest BCUT2D eigenvalue weighted by atomic mass is 35.5. The summed E-state index contributed by atoms with van der Waals surface area (Å²) in [6, 6.07) is 4.11. The van der Waals surface area contributed by atoms with Crippen LogP contribution in [-0.2, 0) is 0 Å². The van der Waals surface area contributed by atoms with Gasteiger partial charge in [0, 0.05) is 6.07 Å². The number of aliphatic imine (C=N–C) groups is 1. The summed E-state index contributed by atoms with van der Waals surface area (Å²) in [5, 5.41) is 3.53. The molecule has 0 spiro atoms. The second-order valence-corrected chi connectivity index (χ2v) is 5.31. The number of nitrogens with two attached hydrogens (primary N) is 1. The maximum Gasteiger partial charge on any atom is 0.387 e. The van der Waals surface area contributed by atoms with Gasteiger partial charge in [-0.15, -0.1) is 0 Å². The first-order valence-corrected chi connectivity index (χ1v) is 8.08. The summed E-state index contributed by atoms with van der Waals surface area (Å²) in [6.07, 6.45) is 3.92. The largest absolute Gasteiger partial charge is 0.488 e. The van der Waals surface area contributed by atoms with E-state index in [0.29, 0.717) is 5.75 Å². The van der Waals surface area contributed by atoms with E-state index in [4.69, 9.17) is 26.9 Å². The summed E-state index contributed by atoms with van der Waals surface area (Å²) in [6.45, 7) is -3.85. The number of nitrogens with zero attached hydrogens (tertiary/aromatic N) is 4. The second kappa shape index (κ2) is 10.9. The van der Waals surface area contributed by atoms with E-state index in [-0.39, 0.29) is 41.4 Å². The zero-order chi connectivity index (χ0) is 20.4. The highest BCUT2D eigenvalue weighted by Crippen LogP contribution is 2.30. The van der Waals surface area contributed by atoms with Crippen LogP contribution in [0.5, 0.6) is 17.5 Å². The number of hydrogen-bond donors (Lipinski definition) is 1. The molecule has 0 aliphatic carbocycles. The Labute approximate surface area is 162 Å². The highest BCUT2D eigenvalue weighted by molar-refractivity contribution is 6.32. The molecule has 0 saturated heterocycles. The number of hydrogen-bond acceptors (Lipinski definition) is 8. The van der Waals surface area contributed by atoms with Gasteiger partial charge in [-0.25, -0.2) is 4.39 Å². The van der Waals surface area contributed by atoms with Gasteiger partial charge in [0.1, 0.15) is 31.3 Å². The minimum Gasteiger partial charge on any atom is -0.488 e. The Bertz CT molecular complexity index is 822. The van der Waals surface area contributed by atoms with E-state index >= 15 is 0 Å². The van der Waals surface area contributed by atoms with Gasteiger partial charge in [0.15, 0.2) is 5.75 Å². The smallest absolute Gasteiger partial charge is 0.387 e. The molecule has 1 aromatic carbocycles. The van der Waals surface area contributed by atoms with Crippen molar-refractivity contribution in [3.63, 3.8) is 0 Å².